The Bertz CT molecular complexity index is 1820. The third-order valence-electron chi connectivity index (χ3n) is 5.54. The van der Waals surface area contributed by atoms with E-state index in [4.69, 9.17) is 5.53 Å². The van der Waals surface area contributed by atoms with Crippen molar-refractivity contribution < 1.29 is 15.0 Å². The first-order valence-corrected chi connectivity index (χ1v) is 12.5. The molecule has 1 amide bonds. The van der Waals surface area contributed by atoms with Crippen LogP contribution in [0.25, 0.3) is 16.7 Å². The van der Waals surface area contributed by atoms with E-state index >= 15 is 0 Å². The van der Waals surface area contributed by atoms with E-state index < -0.39 is 11.7 Å². The summed E-state index contributed by atoms with van der Waals surface area (Å²) in [4.78, 5) is 13.4. The van der Waals surface area contributed by atoms with Crippen molar-refractivity contribution in [3.05, 3.63) is 89.0 Å². The Hall–Kier alpha value is -6.74. The van der Waals surface area contributed by atoms with Gasteiger partial charge in [-0.2, -0.15) is 5.53 Å². The van der Waals surface area contributed by atoms with Crippen LogP contribution in [0.4, 0.5) is 0 Å². The zero-order valence-electron chi connectivity index (χ0n) is 23.5. The van der Waals surface area contributed by atoms with Crippen LogP contribution in [0.2, 0.25) is 0 Å². The molecule has 0 aliphatic rings. The third-order valence-corrected chi connectivity index (χ3v) is 5.54. The van der Waals surface area contributed by atoms with Gasteiger partial charge in [0.25, 0.3) is 5.91 Å². The Kier molecular flexibility index (Phi) is 11.9. The molecule has 0 radical (unpaired) electrons. The molecule has 3 aromatic carbocycles. The fraction of sp³-hybridized carbons (Fsp3) is 0.103. The fourth-order valence-corrected chi connectivity index (χ4v) is 3.72. The molecule has 4 N–H and O–H groups in total. The van der Waals surface area contributed by atoms with Gasteiger partial charge in [-0.15, -0.1) is 5.10 Å². The molecule has 0 aliphatic carbocycles. The molecule has 15 nitrogen and oxygen atoms in total. The summed E-state index contributed by atoms with van der Waals surface area (Å²) in [7, 11) is 0. The summed E-state index contributed by atoms with van der Waals surface area (Å²) in [5, 5.41) is 55.9. The van der Waals surface area contributed by atoms with Crippen molar-refractivity contribution in [1.82, 2.24) is 5.32 Å². The number of amides is 1. The quantitative estimate of drug-likeness (QED) is 0.0862. The van der Waals surface area contributed by atoms with Crippen molar-refractivity contribution in [2.75, 3.05) is 0 Å². The largest absolute Gasteiger partial charge is 0.507 e. The normalized spacial score (nSPS) is 11.1. The number of aromatic hydroxyl groups is 2. The van der Waals surface area contributed by atoms with Crippen LogP contribution in [-0.4, -0.2) is 22.3 Å². The predicted octanol–water partition coefficient (Wildman–Crippen LogP) is 6.88. The van der Waals surface area contributed by atoms with E-state index in [9.17, 15) is 15.0 Å². The van der Waals surface area contributed by atoms with Crippen molar-refractivity contribution in [3.8, 4) is 46.3 Å². The molecule has 0 atom stereocenters. The lowest BCUT2D eigenvalue weighted by Crippen LogP contribution is -2.24. The summed E-state index contributed by atoms with van der Waals surface area (Å²) in [5.41, 5.74) is 10.0. The number of aryl methyl sites for hydroxylation is 1. The maximum atomic E-state index is 13.4. The molecule has 3 rings (SSSR count). The van der Waals surface area contributed by atoms with Crippen LogP contribution < -0.4 is 5.32 Å². The number of carbonyl (C=O) groups excluding carboxylic acids is 1. The van der Waals surface area contributed by atoms with Gasteiger partial charge in [-0.1, -0.05) is 72.2 Å². The molecule has 0 heterocycles. The average molecular weight is 589 g/mol. The predicted molar refractivity (Wildman–Crippen MR) is 160 cm³/mol. The maximum Gasteiger partial charge on any atom is 0.256 e. The monoisotopic (exact) mass is 588 g/mol. The topological polar surface area (TPSA) is 217 Å². The van der Waals surface area contributed by atoms with Crippen molar-refractivity contribution in [2.45, 2.75) is 20.4 Å². The van der Waals surface area contributed by atoms with Gasteiger partial charge in [0.05, 0.1) is 11.1 Å². The maximum absolute atomic E-state index is 13.4. The number of phenols is 2. The fourth-order valence-electron chi connectivity index (χ4n) is 3.72. The number of nitrogens with one attached hydrogen (secondary N) is 2. The second-order valence-electron chi connectivity index (χ2n) is 8.62. The summed E-state index contributed by atoms with van der Waals surface area (Å²) in [6.45, 7) is 7.89. The van der Waals surface area contributed by atoms with Crippen molar-refractivity contribution in [2.24, 2.45) is 52.1 Å². The molecule has 44 heavy (non-hydrogen) atoms. The Labute approximate surface area is 251 Å². The van der Waals surface area contributed by atoms with Gasteiger partial charge in [0.15, 0.2) is 0 Å². The molecule has 0 saturated heterocycles. The van der Waals surface area contributed by atoms with Crippen molar-refractivity contribution in [1.29, 1.82) is 5.53 Å². The Balaban J connectivity index is 1.93. The van der Waals surface area contributed by atoms with E-state index in [0.717, 1.165) is 17.3 Å². The number of nitrogens with zero attached hydrogens (tertiary/aromatic N) is 10. The van der Waals surface area contributed by atoms with Gasteiger partial charge >= 0.3 is 0 Å². The molecule has 0 aromatic heterocycles. The smallest absolute Gasteiger partial charge is 0.256 e. The SMILES string of the molecule is C=C(C)c1ccc(C)cc1-c1c(O)cc(C#CC#C/C=N/N=N/N=N/N=N/N=N/N=N)c(C(=O)NCc2ccccc2)c1O. The molecule has 0 bridgehead atoms. The lowest BCUT2D eigenvalue weighted by molar-refractivity contribution is 0.0948. The number of benzene rings is 3. The summed E-state index contributed by atoms with van der Waals surface area (Å²) < 4.78 is 0. The molecule has 0 fully saturated rings. The van der Waals surface area contributed by atoms with Crippen LogP contribution in [0.3, 0.4) is 0 Å². The summed E-state index contributed by atoms with van der Waals surface area (Å²) in [6, 6.07) is 16.1. The van der Waals surface area contributed by atoms with E-state index in [2.05, 4.69) is 87.7 Å². The van der Waals surface area contributed by atoms with Crippen molar-refractivity contribution >= 4 is 17.7 Å². The number of rotatable bonds is 10. The molecule has 3 aromatic rings. The van der Waals surface area contributed by atoms with E-state index in [0.29, 0.717) is 16.7 Å². The van der Waals surface area contributed by atoms with Gasteiger partial charge in [-0.3, -0.25) is 4.79 Å². The van der Waals surface area contributed by atoms with Gasteiger partial charge in [0, 0.05) is 12.1 Å². The number of hydrogen-bond donors (Lipinski definition) is 4. The molecular formula is C29H24N12O3. The van der Waals surface area contributed by atoms with Gasteiger partial charge < -0.3 is 15.5 Å². The van der Waals surface area contributed by atoms with E-state index in [1.54, 1.807) is 6.07 Å². The Morgan fingerprint density at radius 1 is 0.955 bits per heavy atom. The minimum absolute atomic E-state index is 0.0512. The minimum atomic E-state index is -0.598. The van der Waals surface area contributed by atoms with E-state index in [1.807, 2.05) is 56.3 Å². The van der Waals surface area contributed by atoms with Crippen LogP contribution in [0.15, 0.2) is 113 Å². The zero-order chi connectivity index (χ0) is 31.7. The number of hydrogen-bond acceptors (Lipinski definition) is 5. The van der Waals surface area contributed by atoms with E-state index in [1.165, 1.54) is 6.07 Å². The number of carbonyl (C=O) groups is 1. The Morgan fingerprint density at radius 2 is 1.64 bits per heavy atom. The second-order valence-corrected chi connectivity index (χ2v) is 8.62. The molecule has 0 aliphatic heterocycles. The second kappa shape index (κ2) is 16.5. The summed E-state index contributed by atoms with van der Waals surface area (Å²) in [6.07, 6.45) is 1.07. The molecule has 218 valence electrons. The third kappa shape index (κ3) is 9.15. The van der Waals surface area contributed by atoms with Gasteiger partial charge in [0.2, 0.25) is 0 Å². The number of phenolic OH excluding ortho intramolecular Hbond substituents is 2. The lowest BCUT2D eigenvalue weighted by Gasteiger charge is -2.17. The van der Waals surface area contributed by atoms with Gasteiger partial charge in [-0.05, 0) is 101 Å². The Morgan fingerprint density at radius 3 is 2.32 bits per heavy atom. The van der Waals surface area contributed by atoms with Crippen molar-refractivity contribution in [3.63, 3.8) is 0 Å². The van der Waals surface area contributed by atoms with Crippen LogP contribution in [0, 0.1) is 36.1 Å². The standard InChI is InChI=1S/C29H24N12O3/c1-19(2)23-14-13-20(3)16-24(23)27-25(42)17-22(26(28(27)43)29(44)31-18-21-10-6-4-7-11-21)12-8-5-9-15-32-34-36-38-40-41-39-37-35-33-30/h4,6-7,10-11,13-17,30,42-43H,1,18H2,2-3H3,(H,31,44)/b32-15+,33-30?,36-34+,37-35+,40-38+,41-39+. The van der Waals surface area contributed by atoms with Gasteiger partial charge in [-0.25, -0.2) is 0 Å². The minimum Gasteiger partial charge on any atom is -0.507 e. The highest BCUT2D eigenvalue weighted by Gasteiger charge is 2.25. The lowest BCUT2D eigenvalue weighted by atomic mass is 9.90. The van der Waals surface area contributed by atoms with Gasteiger partial charge in [0.1, 0.15) is 17.7 Å². The first kappa shape index (κ1) is 31.8. The highest BCUT2D eigenvalue weighted by Crippen LogP contribution is 2.44. The zero-order valence-corrected chi connectivity index (χ0v) is 23.5. The van der Waals surface area contributed by atoms with E-state index in [-0.39, 0.29) is 29.0 Å². The first-order chi connectivity index (χ1) is 21.3. The highest BCUT2D eigenvalue weighted by atomic mass is 16.3. The first-order valence-electron chi connectivity index (χ1n) is 12.5. The average Bonchev–Trinajstić information content (AvgIpc) is 3.00. The molecule has 0 unspecified atom stereocenters. The molecule has 0 spiro atoms. The summed E-state index contributed by atoms with van der Waals surface area (Å²) >= 11 is 0. The molecule has 15 heteroatoms. The highest BCUT2D eigenvalue weighted by molar-refractivity contribution is 6.03. The summed E-state index contributed by atoms with van der Waals surface area (Å²) in [5.74, 6) is 8.95. The molecular weight excluding hydrogens is 564 g/mol. The molecule has 0 saturated carbocycles. The van der Waals surface area contributed by atoms with Crippen LogP contribution in [0.1, 0.15) is 39.5 Å². The van der Waals surface area contributed by atoms with Crippen LogP contribution >= 0.6 is 0 Å². The van der Waals surface area contributed by atoms with Crippen LogP contribution in [0.5, 0.6) is 11.5 Å². The van der Waals surface area contributed by atoms with Crippen LogP contribution in [-0.2, 0) is 6.54 Å². The number of allylic oxidation sites excluding steroid dienone is 1.